The van der Waals surface area contributed by atoms with Gasteiger partial charge in [-0.25, -0.2) is 0 Å². The second kappa shape index (κ2) is 9.23. The van der Waals surface area contributed by atoms with Crippen LogP contribution in [0.3, 0.4) is 0 Å². The number of esters is 1. The lowest BCUT2D eigenvalue weighted by Crippen LogP contribution is -2.60. The topological polar surface area (TPSA) is 46.5 Å². The monoisotopic (exact) mass is 446 g/mol. The highest BCUT2D eigenvalue weighted by Gasteiger charge is 2.63. The Morgan fingerprint density at radius 2 is 1.75 bits per heavy atom. The quantitative estimate of drug-likeness (QED) is 0.446. The fraction of sp³-hybridized carbons (Fsp3) is 0.966. The molecule has 4 aliphatic carbocycles. The Hall–Kier alpha value is -0.570. The fourth-order valence-electron chi connectivity index (χ4n) is 9.67. The van der Waals surface area contributed by atoms with Crippen molar-refractivity contribution in [2.75, 3.05) is 0 Å². The van der Waals surface area contributed by atoms with Gasteiger partial charge in [-0.15, -0.1) is 0 Å². The van der Waals surface area contributed by atoms with Gasteiger partial charge in [-0.2, -0.15) is 0 Å². The van der Waals surface area contributed by atoms with Crippen LogP contribution in [0.4, 0.5) is 0 Å². The molecule has 3 heteroatoms. The Labute approximate surface area is 197 Å². The molecule has 0 saturated heterocycles. The maximum atomic E-state index is 12.0. The standard InChI is InChI=1S/C29H50O3/c1-18(2)8-7-9-19(3)24-12-13-25-23-11-10-21-16-22(31)17-27(32-20(4)30)29(21,6)26(23)14-15-28(24,25)5/h18-19,21-27,31H,7-17H2,1-6H3/t19-,21?,22+,23+,24-,25+,26+,27?,28-,29-/m1/s1. The zero-order valence-corrected chi connectivity index (χ0v) is 21.7. The van der Waals surface area contributed by atoms with Crippen molar-refractivity contribution in [2.24, 2.45) is 52.3 Å². The maximum absolute atomic E-state index is 12.0. The van der Waals surface area contributed by atoms with E-state index in [2.05, 4.69) is 34.6 Å². The SMILES string of the molecule is CC(=O)OC1C[C@@H](O)CC2CC[C@@H]3[C@H](CC[C@]4(C)[C@@H]([C@H](C)CCCC(C)C)CC[C@@H]34)[C@@]21C. The maximum Gasteiger partial charge on any atom is 0.302 e. The first kappa shape index (κ1) is 24.6. The summed E-state index contributed by atoms with van der Waals surface area (Å²) in [6.45, 7) is 13.9. The molecule has 0 spiro atoms. The second-order valence-electron chi connectivity index (χ2n) is 13.3. The first-order valence-corrected chi connectivity index (χ1v) is 13.9. The number of ether oxygens (including phenoxy) is 1. The Morgan fingerprint density at radius 1 is 1.00 bits per heavy atom. The number of aliphatic hydroxyl groups is 1. The summed E-state index contributed by atoms with van der Waals surface area (Å²) in [4.78, 5) is 12.0. The average Bonchev–Trinajstić information content (AvgIpc) is 3.05. The highest BCUT2D eigenvalue weighted by molar-refractivity contribution is 5.66. The molecule has 0 radical (unpaired) electrons. The van der Waals surface area contributed by atoms with Gasteiger partial charge in [0.1, 0.15) is 6.10 Å². The first-order chi connectivity index (χ1) is 15.1. The molecule has 0 aromatic heterocycles. The highest BCUT2D eigenvalue weighted by Crippen LogP contribution is 2.68. The van der Waals surface area contributed by atoms with Gasteiger partial charge in [0.05, 0.1) is 6.10 Å². The molecule has 0 aliphatic heterocycles. The number of aliphatic hydroxyl groups excluding tert-OH is 1. The summed E-state index contributed by atoms with van der Waals surface area (Å²) in [5.41, 5.74) is 0.531. The van der Waals surface area contributed by atoms with Crippen molar-refractivity contribution in [3.63, 3.8) is 0 Å². The Balaban J connectivity index is 1.52. The van der Waals surface area contributed by atoms with Crippen molar-refractivity contribution < 1.29 is 14.6 Å². The van der Waals surface area contributed by atoms with E-state index in [1.807, 2.05) is 0 Å². The molecule has 2 unspecified atom stereocenters. The van der Waals surface area contributed by atoms with Gasteiger partial charge in [0.2, 0.25) is 0 Å². The van der Waals surface area contributed by atoms with Crippen molar-refractivity contribution in [3.05, 3.63) is 0 Å². The zero-order chi connectivity index (χ0) is 23.3. The number of rotatable bonds is 6. The van der Waals surface area contributed by atoms with Gasteiger partial charge in [0.25, 0.3) is 0 Å². The molecule has 4 fully saturated rings. The number of fused-ring (bicyclic) bond motifs is 5. The lowest BCUT2D eigenvalue weighted by Gasteiger charge is -2.62. The minimum atomic E-state index is -0.314. The summed E-state index contributed by atoms with van der Waals surface area (Å²) in [5, 5.41) is 10.5. The molecule has 0 aromatic rings. The van der Waals surface area contributed by atoms with E-state index < -0.39 is 0 Å². The zero-order valence-electron chi connectivity index (χ0n) is 21.7. The Bertz CT molecular complexity index is 673. The molecule has 1 N–H and O–H groups in total. The van der Waals surface area contributed by atoms with E-state index in [0.717, 1.165) is 36.0 Å². The number of carbonyl (C=O) groups excluding carboxylic acids is 1. The van der Waals surface area contributed by atoms with Gasteiger partial charge in [-0.3, -0.25) is 4.79 Å². The van der Waals surface area contributed by atoms with Gasteiger partial charge < -0.3 is 9.84 Å². The summed E-state index contributed by atoms with van der Waals surface area (Å²) < 4.78 is 5.94. The second-order valence-corrected chi connectivity index (χ2v) is 13.3. The van der Waals surface area contributed by atoms with E-state index in [0.29, 0.717) is 23.7 Å². The normalized spacial score (nSPS) is 46.8. The van der Waals surface area contributed by atoms with Crippen LogP contribution in [0.25, 0.3) is 0 Å². The molecule has 0 amide bonds. The third-order valence-corrected chi connectivity index (χ3v) is 11.2. The van der Waals surface area contributed by atoms with Crippen LogP contribution in [0.15, 0.2) is 0 Å². The van der Waals surface area contributed by atoms with Crippen molar-refractivity contribution >= 4 is 5.97 Å². The van der Waals surface area contributed by atoms with Crippen LogP contribution in [-0.4, -0.2) is 23.3 Å². The molecule has 184 valence electrons. The molecular formula is C29H50O3. The minimum Gasteiger partial charge on any atom is -0.462 e. The summed E-state index contributed by atoms with van der Waals surface area (Å²) in [6, 6.07) is 0. The van der Waals surface area contributed by atoms with Crippen molar-refractivity contribution in [1.29, 1.82) is 0 Å². The molecule has 10 atom stereocenters. The van der Waals surface area contributed by atoms with E-state index in [9.17, 15) is 9.90 Å². The minimum absolute atomic E-state index is 0.0378. The smallest absolute Gasteiger partial charge is 0.302 e. The van der Waals surface area contributed by atoms with E-state index in [1.165, 1.54) is 57.8 Å². The van der Waals surface area contributed by atoms with E-state index in [1.54, 1.807) is 6.92 Å². The summed E-state index contributed by atoms with van der Waals surface area (Å²) in [5.74, 6) is 5.11. The summed E-state index contributed by atoms with van der Waals surface area (Å²) in [7, 11) is 0. The van der Waals surface area contributed by atoms with Gasteiger partial charge in [0.15, 0.2) is 0 Å². The molecule has 0 bridgehead atoms. The third kappa shape index (κ3) is 4.18. The molecule has 0 heterocycles. The van der Waals surface area contributed by atoms with Gasteiger partial charge in [-0.05, 0) is 91.8 Å². The number of hydrogen-bond donors (Lipinski definition) is 1. The van der Waals surface area contributed by atoms with Crippen LogP contribution in [0.1, 0.15) is 112 Å². The third-order valence-electron chi connectivity index (χ3n) is 11.2. The van der Waals surface area contributed by atoms with Gasteiger partial charge in [0, 0.05) is 18.8 Å². The Morgan fingerprint density at radius 3 is 2.44 bits per heavy atom. The van der Waals surface area contributed by atoms with Crippen molar-refractivity contribution in [1.82, 2.24) is 0 Å². The molecular weight excluding hydrogens is 396 g/mol. The molecule has 32 heavy (non-hydrogen) atoms. The average molecular weight is 447 g/mol. The van der Waals surface area contributed by atoms with Gasteiger partial charge >= 0.3 is 5.97 Å². The molecule has 0 aromatic carbocycles. The number of hydrogen-bond acceptors (Lipinski definition) is 3. The van der Waals surface area contributed by atoms with E-state index in [4.69, 9.17) is 4.74 Å². The van der Waals surface area contributed by atoms with Crippen LogP contribution in [-0.2, 0) is 9.53 Å². The largest absolute Gasteiger partial charge is 0.462 e. The van der Waals surface area contributed by atoms with Crippen LogP contribution in [0.5, 0.6) is 0 Å². The van der Waals surface area contributed by atoms with Gasteiger partial charge in [-0.1, -0.05) is 53.9 Å². The van der Waals surface area contributed by atoms with Crippen LogP contribution in [0.2, 0.25) is 0 Å². The molecule has 3 nitrogen and oxygen atoms in total. The predicted molar refractivity (Wildman–Crippen MR) is 130 cm³/mol. The molecule has 4 rings (SSSR count). The van der Waals surface area contributed by atoms with Crippen molar-refractivity contribution in [3.8, 4) is 0 Å². The first-order valence-electron chi connectivity index (χ1n) is 13.9. The lowest BCUT2D eigenvalue weighted by molar-refractivity contribution is -0.201. The summed E-state index contributed by atoms with van der Waals surface area (Å²) >= 11 is 0. The predicted octanol–water partition coefficient (Wildman–Crippen LogP) is 7.01. The van der Waals surface area contributed by atoms with Crippen LogP contribution < -0.4 is 0 Å². The molecule has 4 saturated carbocycles. The molecule has 4 aliphatic rings. The highest BCUT2D eigenvalue weighted by atomic mass is 16.5. The summed E-state index contributed by atoms with van der Waals surface area (Å²) in [6.07, 6.45) is 13.2. The van der Waals surface area contributed by atoms with Crippen LogP contribution >= 0.6 is 0 Å². The van der Waals surface area contributed by atoms with Crippen LogP contribution in [0, 0.1) is 52.3 Å². The Kier molecular flexibility index (Phi) is 7.08. The lowest BCUT2D eigenvalue weighted by atomic mass is 9.43. The van der Waals surface area contributed by atoms with E-state index in [-0.39, 0.29) is 23.6 Å². The van der Waals surface area contributed by atoms with E-state index >= 15 is 0 Å². The number of carbonyl (C=O) groups is 1. The van der Waals surface area contributed by atoms with Crippen molar-refractivity contribution in [2.45, 2.75) is 124 Å². The fourth-order valence-corrected chi connectivity index (χ4v) is 9.67.